The minimum Gasteiger partial charge on any atom is -0.456 e. The number of aliphatic imine (C=N–C) groups is 1. The molecule has 0 aliphatic carbocycles. The van der Waals surface area contributed by atoms with Crippen LogP contribution >= 0.6 is 0 Å². The molecule has 2 N–H and O–H groups in total. The maximum absolute atomic E-state index is 6.66. The van der Waals surface area contributed by atoms with Crippen molar-refractivity contribution in [2.45, 2.75) is 12.3 Å². The van der Waals surface area contributed by atoms with Gasteiger partial charge < -0.3 is 18.7 Å². The van der Waals surface area contributed by atoms with E-state index in [-0.39, 0.29) is 12.3 Å². The highest BCUT2D eigenvalue weighted by atomic mass is 16.3. The summed E-state index contributed by atoms with van der Waals surface area (Å²) in [4.78, 5) is 5.08. The number of benzene rings is 8. The van der Waals surface area contributed by atoms with Crippen molar-refractivity contribution in [1.82, 2.24) is 15.2 Å². The number of fused-ring (bicyclic) bond motifs is 9. The normalized spacial score (nSPS) is 15.9. The maximum Gasteiger partial charge on any atom is 0.137 e. The van der Waals surface area contributed by atoms with E-state index in [0.29, 0.717) is 0 Å². The standard InChI is InChI=1S/C51H34N4O2/c1-3-13-31(14-4-1)49-52-50(32-15-5-2-6-16-32)54-51(53-49)34-26-28-38-46(30-34)56-43-23-11-19-35(47(38)43)33-25-27-39-45(29-33)57-44-24-12-22-42(48(39)44)55-40-20-9-7-17-36(40)37-18-8-10-21-41(37)55/h1-30,49,51,53H,(H,52,54). The SMILES string of the molecule is c1ccc(C2=NC(c3ccccc3)NC(c3ccc4c(c3)oc3cccc(-c5ccc6c(c5)oc5cccc(-n7c8ccccc8c8ccccc87)c56)c34)N2)cc1. The average Bonchev–Trinajstić information content (AvgIpc) is 3.96. The summed E-state index contributed by atoms with van der Waals surface area (Å²) in [6.45, 7) is 0. The van der Waals surface area contributed by atoms with Crippen molar-refractivity contribution in [2.24, 2.45) is 4.99 Å². The largest absolute Gasteiger partial charge is 0.456 e. The summed E-state index contributed by atoms with van der Waals surface area (Å²) >= 11 is 0. The molecule has 1 aliphatic rings. The highest BCUT2D eigenvalue weighted by molar-refractivity contribution is 6.16. The number of para-hydroxylation sites is 2. The van der Waals surface area contributed by atoms with Crippen molar-refractivity contribution in [2.75, 3.05) is 0 Å². The van der Waals surface area contributed by atoms with Crippen LogP contribution in [0.25, 0.3) is 82.5 Å². The summed E-state index contributed by atoms with van der Waals surface area (Å²) in [7, 11) is 0. The van der Waals surface area contributed by atoms with Gasteiger partial charge in [-0.25, -0.2) is 4.99 Å². The lowest BCUT2D eigenvalue weighted by Crippen LogP contribution is -2.44. The van der Waals surface area contributed by atoms with Gasteiger partial charge in [0.25, 0.3) is 0 Å². The third-order valence-electron chi connectivity index (χ3n) is 11.5. The van der Waals surface area contributed by atoms with Crippen LogP contribution in [0, 0.1) is 0 Å². The molecule has 0 saturated carbocycles. The van der Waals surface area contributed by atoms with E-state index < -0.39 is 0 Å². The van der Waals surface area contributed by atoms with Crippen LogP contribution in [0.2, 0.25) is 0 Å². The summed E-state index contributed by atoms with van der Waals surface area (Å²) in [5, 5.41) is 14.2. The number of hydrogen-bond acceptors (Lipinski definition) is 5. The lowest BCUT2D eigenvalue weighted by Gasteiger charge is -2.32. The highest BCUT2D eigenvalue weighted by Crippen LogP contribution is 2.42. The first-order valence-corrected chi connectivity index (χ1v) is 19.4. The predicted octanol–water partition coefficient (Wildman–Crippen LogP) is 12.6. The van der Waals surface area contributed by atoms with Crippen LogP contribution in [0.15, 0.2) is 196 Å². The third kappa shape index (κ3) is 5.04. The molecule has 2 atom stereocenters. The van der Waals surface area contributed by atoms with Gasteiger partial charge in [0, 0.05) is 32.5 Å². The van der Waals surface area contributed by atoms with Crippen molar-refractivity contribution in [3.8, 4) is 16.8 Å². The van der Waals surface area contributed by atoms with Gasteiger partial charge in [-0.2, -0.15) is 0 Å². The van der Waals surface area contributed by atoms with Crippen LogP contribution in [0.3, 0.4) is 0 Å². The lowest BCUT2D eigenvalue weighted by atomic mass is 9.97. The zero-order valence-corrected chi connectivity index (χ0v) is 30.7. The van der Waals surface area contributed by atoms with Gasteiger partial charge in [0.15, 0.2) is 0 Å². The van der Waals surface area contributed by atoms with Gasteiger partial charge in [0.2, 0.25) is 0 Å². The second-order valence-corrected chi connectivity index (χ2v) is 14.8. The molecule has 270 valence electrons. The number of furan rings is 2. The molecule has 0 fully saturated rings. The van der Waals surface area contributed by atoms with Crippen LogP contribution in [0.5, 0.6) is 0 Å². The molecule has 6 heteroatoms. The molecule has 0 bridgehead atoms. The molecular weight excluding hydrogens is 701 g/mol. The number of hydrogen-bond donors (Lipinski definition) is 2. The number of aromatic nitrogens is 1. The van der Waals surface area contributed by atoms with Crippen molar-refractivity contribution in [1.29, 1.82) is 0 Å². The fourth-order valence-electron chi connectivity index (χ4n) is 8.88. The molecule has 0 radical (unpaired) electrons. The van der Waals surface area contributed by atoms with E-state index in [9.17, 15) is 0 Å². The fourth-order valence-corrected chi connectivity index (χ4v) is 8.88. The summed E-state index contributed by atoms with van der Waals surface area (Å²) in [5.74, 6) is 0.850. The van der Waals surface area contributed by atoms with Gasteiger partial charge in [-0.1, -0.05) is 133 Å². The molecule has 11 aromatic rings. The highest BCUT2D eigenvalue weighted by Gasteiger charge is 2.26. The van der Waals surface area contributed by atoms with Crippen molar-refractivity contribution < 1.29 is 8.83 Å². The molecule has 0 saturated heterocycles. The molecular formula is C51H34N4O2. The van der Waals surface area contributed by atoms with Gasteiger partial charge in [0.1, 0.15) is 40.5 Å². The smallest absolute Gasteiger partial charge is 0.137 e. The van der Waals surface area contributed by atoms with Crippen LogP contribution in [-0.2, 0) is 0 Å². The Morgan fingerprint density at radius 1 is 0.456 bits per heavy atom. The van der Waals surface area contributed by atoms with Gasteiger partial charge in [0.05, 0.1) is 22.1 Å². The molecule has 6 nitrogen and oxygen atoms in total. The molecule has 2 unspecified atom stereocenters. The van der Waals surface area contributed by atoms with Crippen LogP contribution in [-0.4, -0.2) is 10.4 Å². The van der Waals surface area contributed by atoms with Crippen molar-refractivity contribution in [3.63, 3.8) is 0 Å². The first-order chi connectivity index (χ1) is 28.2. The zero-order valence-electron chi connectivity index (χ0n) is 30.7. The van der Waals surface area contributed by atoms with Gasteiger partial charge in [-0.05, 0) is 70.8 Å². The van der Waals surface area contributed by atoms with Crippen molar-refractivity contribution >= 4 is 71.5 Å². The number of amidine groups is 1. The average molecular weight is 735 g/mol. The molecule has 12 rings (SSSR count). The van der Waals surface area contributed by atoms with E-state index in [4.69, 9.17) is 13.8 Å². The number of nitrogens with zero attached hydrogens (tertiary/aromatic N) is 2. The van der Waals surface area contributed by atoms with E-state index >= 15 is 0 Å². The monoisotopic (exact) mass is 734 g/mol. The Hall–Kier alpha value is -7.41. The Kier molecular flexibility index (Phi) is 7.03. The summed E-state index contributed by atoms with van der Waals surface area (Å²) < 4.78 is 15.7. The van der Waals surface area contributed by atoms with Crippen LogP contribution < -0.4 is 10.6 Å². The first-order valence-electron chi connectivity index (χ1n) is 19.4. The molecule has 0 amide bonds. The number of nitrogens with one attached hydrogen (secondary N) is 2. The zero-order chi connectivity index (χ0) is 37.5. The second-order valence-electron chi connectivity index (χ2n) is 14.8. The molecule has 0 spiro atoms. The third-order valence-corrected chi connectivity index (χ3v) is 11.5. The van der Waals surface area contributed by atoms with Gasteiger partial charge in [-0.15, -0.1) is 0 Å². The van der Waals surface area contributed by atoms with E-state index in [1.165, 1.54) is 21.8 Å². The van der Waals surface area contributed by atoms with E-state index in [0.717, 1.165) is 83.2 Å². The Labute approximate surface area is 327 Å². The summed E-state index contributed by atoms with van der Waals surface area (Å²) in [6.07, 6.45) is -0.403. The molecule has 57 heavy (non-hydrogen) atoms. The Morgan fingerprint density at radius 2 is 1.09 bits per heavy atom. The van der Waals surface area contributed by atoms with E-state index in [1.54, 1.807) is 0 Å². The molecule has 8 aromatic carbocycles. The van der Waals surface area contributed by atoms with Crippen LogP contribution in [0.1, 0.15) is 29.0 Å². The second kappa shape index (κ2) is 12.6. The van der Waals surface area contributed by atoms with Gasteiger partial charge in [-0.3, -0.25) is 5.32 Å². The quantitative estimate of drug-likeness (QED) is 0.185. The fraction of sp³-hybridized carbons (Fsp3) is 0.0392. The minimum atomic E-state index is -0.211. The molecule has 3 aromatic heterocycles. The predicted molar refractivity (Wildman–Crippen MR) is 232 cm³/mol. The maximum atomic E-state index is 6.66. The molecule has 1 aliphatic heterocycles. The summed E-state index contributed by atoms with van der Waals surface area (Å²) in [5.41, 5.74) is 12.2. The lowest BCUT2D eigenvalue weighted by molar-refractivity contribution is 0.409. The first kappa shape index (κ1) is 31.9. The van der Waals surface area contributed by atoms with E-state index in [1.807, 2.05) is 24.3 Å². The van der Waals surface area contributed by atoms with E-state index in [2.05, 4.69) is 173 Å². The Balaban J connectivity index is 0.953. The van der Waals surface area contributed by atoms with Crippen LogP contribution in [0.4, 0.5) is 0 Å². The molecule has 4 heterocycles. The topological polar surface area (TPSA) is 67.6 Å². The van der Waals surface area contributed by atoms with Crippen molar-refractivity contribution in [3.05, 3.63) is 199 Å². The minimum absolute atomic E-state index is 0.192. The Bertz CT molecular complexity index is 3320. The van der Waals surface area contributed by atoms with Gasteiger partial charge >= 0.3 is 0 Å². The Morgan fingerprint density at radius 3 is 1.86 bits per heavy atom. The summed E-state index contributed by atoms with van der Waals surface area (Å²) in [6, 6.07) is 63.7. The number of rotatable bonds is 5.